The molecule has 1 N–H and O–H groups in total. The Morgan fingerprint density at radius 2 is 1.77 bits per heavy atom. The van der Waals surface area contributed by atoms with Gasteiger partial charge in [-0.2, -0.15) is 15.1 Å². The lowest BCUT2D eigenvalue weighted by molar-refractivity contribution is -0.133. The number of halogens is 2. The van der Waals surface area contributed by atoms with Gasteiger partial charge >= 0.3 is 0 Å². The molecule has 5 fully saturated rings. The van der Waals surface area contributed by atoms with Crippen molar-refractivity contribution >= 4 is 51.5 Å². The SMILES string of the molecule is CO[C@H]1CN(C)C(=O)[C@@H]2C[C@@H](CN2c2nc(N3[C@H]4CC(=O)N(C5CC5)C[C@@H]3C4)nc3c2cnn3-c2ccc(F)cc2F)Nc2cccc(n2)-c2nccc3nc(C)n(c23)C1. The van der Waals surface area contributed by atoms with Gasteiger partial charge < -0.3 is 34.2 Å². The van der Waals surface area contributed by atoms with E-state index in [1.54, 1.807) is 31.5 Å². The number of carbonyl (C=O) groups excluding carboxylic acids is 2. The molecule has 0 spiro atoms. The summed E-state index contributed by atoms with van der Waals surface area (Å²) in [5.41, 5.74) is 3.32. The molecule has 5 aromatic heterocycles. The van der Waals surface area contributed by atoms with Crippen LogP contribution in [0.15, 0.2) is 54.9 Å². The van der Waals surface area contributed by atoms with E-state index in [2.05, 4.69) is 19.9 Å². The number of likely N-dealkylation sites (N-methyl/N-ethyl adjacent to an activating group) is 1. The maximum absolute atomic E-state index is 15.5. The van der Waals surface area contributed by atoms with E-state index in [0.717, 1.165) is 42.2 Å². The molecule has 6 bridgehead atoms. The molecule has 6 aliphatic rings. The van der Waals surface area contributed by atoms with E-state index < -0.39 is 23.8 Å². The van der Waals surface area contributed by atoms with Crippen molar-refractivity contribution in [1.82, 2.24) is 49.1 Å². The Bertz CT molecular complexity index is 2720. The number of hydrogen-bond acceptors (Lipinski definition) is 12. The van der Waals surface area contributed by atoms with Gasteiger partial charge in [0.2, 0.25) is 17.8 Å². The van der Waals surface area contributed by atoms with Gasteiger partial charge in [-0.15, -0.1) is 0 Å². The highest BCUT2D eigenvalue weighted by Gasteiger charge is 2.49. The number of carbonyl (C=O) groups is 2. The summed E-state index contributed by atoms with van der Waals surface area (Å²) in [6.07, 6.45) is 6.49. The molecule has 6 aromatic rings. The minimum Gasteiger partial charge on any atom is -0.378 e. The monoisotopic (exact) mass is 815 g/mol. The van der Waals surface area contributed by atoms with Gasteiger partial charge in [-0.05, 0) is 62.9 Å². The zero-order valence-electron chi connectivity index (χ0n) is 33.4. The van der Waals surface area contributed by atoms with E-state index in [4.69, 9.17) is 29.7 Å². The maximum Gasteiger partial charge on any atom is 0.245 e. The number of hydrogen-bond donors (Lipinski definition) is 1. The fourth-order valence-electron chi connectivity index (χ4n) is 9.74. The number of fused-ring (bicyclic) bond motifs is 9. The normalized spacial score (nSPS) is 24.4. The number of anilines is 3. The third-order valence-electron chi connectivity index (χ3n) is 12.8. The van der Waals surface area contributed by atoms with E-state index in [0.29, 0.717) is 72.5 Å². The first-order valence-corrected chi connectivity index (χ1v) is 20.5. The van der Waals surface area contributed by atoms with E-state index in [9.17, 15) is 14.0 Å². The van der Waals surface area contributed by atoms with Gasteiger partial charge in [-0.25, -0.2) is 23.4 Å². The molecule has 308 valence electrons. The summed E-state index contributed by atoms with van der Waals surface area (Å²) < 4.78 is 39.1. The van der Waals surface area contributed by atoms with Crippen LogP contribution in [0.1, 0.15) is 37.9 Å². The smallest absolute Gasteiger partial charge is 0.245 e. The van der Waals surface area contributed by atoms with Crippen LogP contribution in [0.4, 0.5) is 26.4 Å². The summed E-state index contributed by atoms with van der Waals surface area (Å²) in [6.45, 7) is 3.57. The number of aryl methyl sites for hydroxylation is 1. The average Bonchev–Trinajstić information content (AvgIpc) is 3.82. The molecular formula is C42H43F2N13O3. The zero-order valence-corrected chi connectivity index (χ0v) is 33.4. The molecule has 0 radical (unpaired) electrons. The van der Waals surface area contributed by atoms with Crippen LogP contribution in [0.2, 0.25) is 0 Å². The molecule has 60 heavy (non-hydrogen) atoms. The van der Waals surface area contributed by atoms with Gasteiger partial charge in [0.15, 0.2) is 11.5 Å². The number of methoxy groups -OCH3 is 1. The summed E-state index contributed by atoms with van der Waals surface area (Å²) in [5.74, 6) is 0.709. The molecule has 18 heteroatoms. The number of nitrogens with one attached hydrogen (secondary N) is 1. The number of nitrogens with zero attached hydrogens (tertiary/aromatic N) is 12. The second kappa shape index (κ2) is 13.9. The topological polar surface area (TPSA) is 156 Å². The van der Waals surface area contributed by atoms with Gasteiger partial charge in [0.1, 0.15) is 40.7 Å². The number of pyridine rings is 2. The van der Waals surface area contributed by atoms with E-state index in [1.807, 2.05) is 41.0 Å². The maximum atomic E-state index is 15.5. The molecule has 5 atom stereocenters. The second-order valence-corrected chi connectivity index (χ2v) is 16.7. The van der Waals surface area contributed by atoms with Crippen molar-refractivity contribution in [3.05, 3.63) is 72.3 Å². The van der Waals surface area contributed by atoms with Gasteiger partial charge in [0.25, 0.3) is 0 Å². The second-order valence-electron chi connectivity index (χ2n) is 16.7. The van der Waals surface area contributed by atoms with Gasteiger partial charge in [0.05, 0.1) is 47.0 Å². The van der Waals surface area contributed by atoms with Gasteiger partial charge in [-0.1, -0.05) is 6.07 Å². The molecular weight excluding hydrogens is 773 g/mol. The molecule has 1 aliphatic carbocycles. The summed E-state index contributed by atoms with van der Waals surface area (Å²) in [4.78, 5) is 61.0. The van der Waals surface area contributed by atoms with Crippen LogP contribution in [0.3, 0.4) is 0 Å². The molecule has 4 saturated heterocycles. The highest BCUT2D eigenvalue weighted by molar-refractivity contribution is 5.94. The van der Waals surface area contributed by atoms with Crippen molar-refractivity contribution in [2.75, 3.05) is 48.9 Å². The summed E-state index contributed by atoms with van der Waals surface area (Å²) in [6, 6.07) is 10.2. The third-order valence-corrected chi connectivity index (χ3v) is 12.8. The molecule has 1 saturated carbocycles. The molecule has 16 nitrogen and oxygen atoms in total. The Balaban J connectivity index is 1.03. The first-order valence-electron chi connectivity index (χ1n) is 20.5. The Hall–Kier alpha value is -6.30. The Morgan fingerprint density at radius 1 is 0.900 bits per heavy atom. The average molecular weight is 816 g/mol. The molecule has 12 rings (SSSR count). The van der Waals surface area contributed by atoms with Crippen LogP contribution < -0.4 is 15.1 Å². The van der Waals surface area contributed by atoms with Crippen molar-refractivity contribution in [2.24, 2.45) is 0 Å². The quantitative estimate of drug-likeness (QED) is 0.267. The summed E-state index contributed by atoms with van der Waals surface area (Å²) in [5, 5.41) is 8.70. The van der Waals surface area contributed by atoms with Crippen LogP contribution in [0, 0.1) is 18.6 Å². The minimum absolute atomic E-state index is 0.00860. The minimum atomic E-state index is -0.801. The number of aromatic nitrogens is 8. The largest absolute Gasteiger partial charge is 0.378 e. The van der Waals surface area contributed by atoms with Crippen LogP contribution in [0.25, 0.3) is 39.1 Å². The van der Waals surface area contributed by atoms with Gasteiger partial charge in [-0.3, -0.25) is 14.6 Å². The first kappa shape index (κ1) is 36.8. The fourth-order valence-corrected chi connectivity index (χ4v) is 9.74. The van der Waals surface area contributed by atoms with E-state index in [1.165, 1.54) is 16.8 Å². The first-order chi connectivity index (χ1) is 29.1. The van der Waals surface area contributed by atoms with Crippen molar-refractivity contribution in [1.29, 1.82) is 0 Å². The van der Waals surface area contributed by atoms with E-state index >= 15 is 4.39 Å². The summed E-state index contributed by atoms with van der Waals surface area (Å²) in [7, 11) is 3.43. The zero-order chi connectivity index (χ0) is 41.0. The van der Waals surface area contributed by atoms with Crippen LogP contribution in [-0.2, 0) is 20.9 Å². The van der Waals surface area contributed by atoms with Crippen LogP contribution in [-0.4, -0.2) is 131 Å². The molecule has 5 aliphatic heterocycles. The fraction of sp³-hybridized carbons (Fsp3) is 0.429. The lowest BCUT2D eigenvalue weighted by Gasteiger charge is -2.47. The van der Waals surface area contributed by atoms with Crippen molar-refractivity contribution in [2.45, 2.75) is 81.9 Å². The van der Waals surface area contributed by atoms with Crippen molar-refractivity contribution in [3.8, 4) is 17.1 Å². The predicted molar refractivity (Wildman–Crippen MR) is 218 cm³/mol. The number of rotatable bonds is 5. The number of benzene rings is 1. The van der Waals surface area contributed by atoms with Crippen molar-refractivity contribution in [3.63, 3.8) is 0 Å². The standard InChI is InChI=1S/C42H43F2N13O3/c1-22-47-32-11-12-45-37-31-5-4-6-35(49-31)48-24-14-34(41(59)52(2)20-28(60-3)21-53(22)38(32)37)55(18-24)39-29-17-46-57(33-10-7-23(43)13-30(33)44)40(29)51-42(50-39)56-26-15-27(56)19-54(25-8-9-25)36(58)16-26/h4-7,10-13,17,24-28,34H,8-9,14-16,18-21H2,1-3H3,(H,48,49)/t24-,26+,27-,28-,34-/m0/s1. The Labute approximate surface area is 343 Å². The van der Waals surface area contributed by atoms with E-state index in [-0.39, 0.29) is 48.2 Å². The van der Waals surface area contributed by atoms with Crippen LogP contribution >= 0.6 is 0 Å². The molecule has 10 heterocycles. The molecule has 2 amide bonds. The van der Waals surface area contributed by atoms with Crippen LogP contribution in [0.5, 0.6) is 0 Å². The predicted octanol–water partition coefficient (Wildman–Crippen LogP) is 4.10. The highest BCUT2D eigenvalue weighted by atomic mass is 19.1. The molecule has 1 aromatic carbocycles. The third kappa shape index (κ3) is 6.01. The summed E-state index contributed by atoms with van der Waals surface area (Å²) >= 11 is 0. The molecule has 0 unspecified atom stereocenters. The number of amides is 2. The lowest BCUT2D eigenvalue weighted by atomic mass is 9.92. The Kier molecular flexibility index (Phi) is 8.51. The number of imidazole rings is 1. The highest BCUT2D eigenvalue weighted by Crippen LogP contribution is 2.42. The Morgan fingerprint density at radius 3 is 2.58 bits per heavy atom. The van der Waals surface area contributed by atoms with Gasteiger partial charge in [0, 0.05) is 70.6 Å². The van der Waals surface area contributed by atoms with Crippen molar-refractivity contribution < 1.29 is 23.1 Å². The number of ether oxygens (including phenoxy) is 1. The lowest BCUT2D eigenvalue weighted by Crippen LogP contribution is -2.58.